The van der Waals surface area contributed by atoms with Crippen molar-refractivity contribution in [1.82, 2.24) is 15.2 Å². The average Bonchev–Trinajstić information content (AvgIpc) is 3.53. The average molecular weight is 471 g/mol. The Morgan fingerprint density at radius 2 is 1.76 bits per heavy atom. The van der Waals surface area contributed by atoms with E-state index in [2.05, 4.69) is 10.2 Å². The van der Waals surface area contributed by atoms with Crippen LogP contribution in [0.3, 0.4) is 0 Å². The van der Waals surface area contributed by atoms with Crippen molar-refractivity contribution in [2.45, 2.75) is 19.4 Å². The smallest absolute Gasteiger partial charge is 0.247 e. The van der Waals surface area contributed by atoms with Crippen molar-refractivity contribution in [1.29, 1.82) is 0 Å². The Morgan fingerprint density at radius 1 is 1.00 bits per heavy atom. The van der Waals surface area contributed by atoms with Gasteiger partial charge >= 0.3 is 0 Å². The number of methoxy groups -OCH3 is 1. The molecule has 0 atom stereocenters. The lowest BCUT2D eigenvalue weighted by Gasteiger charge is -2.19. The van der Waals surface area contributed by atoms with Crippen molar-refractivity contribution >= 4 is 32.6 Å². The number of anilines is 1. The first-order valence-electron chi connectivity index (χ1n) is 10.9. The van der Waals surface area contributed by atoms with E-state index < -0.39 is 0 Å². The number of carbonyl (C=O) groups is 1. The number of carbonyl (C=O) groups excluding carboxylic acids is 1. The van der Waals surface area contributed by atoms with Gasteiger partial charge in [-0.1, -0.05) is 59.9 Å². The first-order valence-corrected chi connectivity index (χ1v) is 11.7. The predicted molar refractivity (Wildman–Crippen MR) is 132 cm³/mol. The molecule has 0 spiro atoms. The summed E-state index contributed by atoms with van der Waals surface area (Å²) >= 11 is 1.47. The molecule has 34 heavy (non-hydrogen) atoms. The van der Waals surface area contributed by atoms with Crippen molar-refractivity contribution in [3.05, 3.63) is 90.3 Å². The Kier molecular flexibility index (Phi) is 6.31. The second kappa shape index (κ2) is 9.84. The Bertz CT molecular complexity index is 1400. The molecule has 0 fully saturated rings. The molecule has 0 radical (unpaired) electrons. The highest BCUT2D eigenvalue weighted by atomic mass is 32.1. The zero-order chi connectivity index (χ0) is 23.3. The lowest BCUT2D eigenvalue weighted by Crippen LogP contribution is -2.30. The van der Waals surface area contributed by atoms with Gasteiger partial charge < -0.3 is 9.15 Å². The maximum atomic E-state index is 13.4. The van der Waals surface area contributed by atoms with Crippen LogP contribution in [0, 0.1) is 0 Å². The van der Waals surface area contributed by atoms with Crippen molar-refractivity contribution in [3.8, 4) is 17.2 Å². The number of fused-ring (bicyclic) bond motifs is 1. The van der Waals surface area contributed by atoms with E-state index in [-0.39, 0.29) is 12.3 Å². The quantitative estimate of drug-likeness (QED) is 0.297. The van der Waals surface area contributed by atoms with Crippen LogP contribution in [0.15, 0.2) is 83.3 Å². The topological polar surface area (TPSA) is 81.4 Å². The minimum atomic E-state index is -0.0608. The minimum absolute atomic E-state index is 0.0608. The predicted octanol–water partition coefficient (Wildman–Crippen LogP) is 5.52. The van der Waals surface area contributed by atoms with Crippen molar-refractivity contribution in [2.75, 3.05) is 12.0 Å². The van der Waals surface area contributed by atoms with Crippen LogP contribution in [0.1, 0.15) is 17.9 Å². The lowest BCUT2D eigenvalue weighted by atomic mass is 10.2. The summed E-state index contributed by atoms with van der Waals surface area (Å²) in [5.74, 6) is 1.58. The second-order valence-corrected chi connectivity index (χ2v) is 8.67. The number of aromatic nitrogens is 3. The van der Waals surface area contributed by atoms with Gasteiger partial charge in [0.2, 0.25) is 17.7 Å². The summed E-state index contributed by atoms with van der Waals surface area (Å²) in [4.78, 5) is 19.8. The molecule has 0 saturated carbocycles. The molecular weight excluding hydrogens is 448 g/mol. The van der Waals surface area contributed by atoms with E-state index in [9.17, 15) is 4.79 Å². The molecule has 170 valence electrons. The number of thiazole rings is 1. The van der Waals surface area contributed by atoms with E-state index in [0.29, 0.717) is 29.9 Å². The highest BCUT2D eigenvalue weighted by Crippen LogP contribution is 2.32. The summed E-state index contributed by atoms with van der Waals surface area (Å²) in [6.07, 6.45) is 0.575. The van der Waals surface area contributed by atoms with Gasteiger partial charge in [-0.15, -0.1) is 10.2 Å². The van der Waals surface area contributed by atoms with Crippen LogP contribution >= 0.6 is 11.3 Å². The van der Waals surface area contributed by atoms with E-state index >= 15 is 0 Å². The fourth-order valence-electron chi connectivity index (χ4n) is 3.56. The minimum Gasteiger partial charge on any atom is -0.497 e. The summed E-state index contributed by atoms with van der Waals surface area (Å²) in [5, 5.41) is 8.88. The first-order chi connectivity index (χ1) is 16.7. The molecule has 0 bridgehead atoms. The van der Waals surface area contributed by atoms with E-state index in [1.54, 1.807) is 12.0 Å². The van der Waals surface area contributed by atoms with Gasteiger partial charge in [0.25, 0.3) is 0 Å². The van der Waals surface area contributed by atoms with Crippen LogP contribution in [0.25, 0.3) is 21.7 Å². The number of amides is 1. The standard InChI is InChI=1S/C26H22N4O3S/c1-32-20-12-13-21-22(16-20)34-26(27-21)30(17-18-8-4-2-5-9-18)24(31)15-14-23-28-29-25(33-23)19-10-6-3-7-11-19/h2-13,16H,14-15,17H2,1H3. The van der Waals surface area contributed by atoms with Gasteiger partial charge in [-0.2, -0.15) is 0 Å². The number of aryl methyl sites for hydroxylation is 1. The van der Waals surface area contributed by atoms with Gasteiger partial charge in [0.15, 0.2) is 5.13 Å². The van der Waals surface area contributed by atoms with Crippen LogP contribution in [0.4, 0.5) is 5.13 Å². The Balaban J connectivity index is 1.37. The fraction of sp³-hybridized carbons (Fsp3) is 0.154. The fourth-order valence-corrected chi connectivity index (χ4v) is 4.58. The summed E-state index contributed by atoms with van der Waals surface area (Å²) in [6.45, 7) is 0.426. The normalized spacial score (nSPS) is 11.0. The molecule has 2 aromatic heterocycles. The first kappa shape index (κ1) is 21.8. The summed E-state index contributed by atoms with van der Waals surface area (Å²) in [7, 11) is 1.63. The summed E-state index contributed by atoms with van der Waals surface area (Å²) < 4.78 is 12.1. The number of benzene rings is 3. The van der Waals surface area contributed by atoms with E-state index in [1.807, 2.05) is 78.9 Å². The van der Waals surface area contributed by atoms with Gasteiger partial charge in [0.1, 0.15) is 5.75 Å². The molecule has 0 unspecified atom stereocenters. The van der Waals surface area contributed by atoms with Crippen LogP contribution < -0.4 is 9.64 Å². The zero-order valence-electron chi connectivity index (χ0n) is 18.5. The maximum Gasteiger partial charge on any atom is 0.247 e. The molecule has 0 aliphatic rings. The zero-order valence-corrected chi connectivity index (χ0v) is 19.4. The molecular formula is C26H22N4O3S. The van der Waals surface area contributed by atoms with E-state index in [1.165, 1.54) is 11.3 Å². The van der Waals surface area contributed by atoms with Gasteiger partial charge in [-0.3, -0.25) is 9.69 Å². The van der Waals surface area contributed by atoms with Gasteiger partial charge in [-0.05, 0) is 35.9 Å². The summed E-state index contributed by atoms with van der Waals surface area (Å²) in [5.41, 5.74) is 2.70. The third-order valence-electron chi connectivity index (χ3n) is 5.34. The molecule has 0 aliphatic heterocycles. The van der Waals surface area contributed by atoms with Crippen LogP contribution in [0.5, 0.6) is 5.75 Å². The molecule has 0 saturated heterocycles. The number of nitrogens with zero attached hydrogens (tertiary/aromatic N) is 4. The molecule has 2 heterocycles. The van der Waals surface area contributed by atoms with Crippen LogP contribution in [-0.2, 0) is 17.8 Å². The largest absolute Gasteiger partial charge is 0.497 e. The number of hydrogen-bond acceptors (Lipinski definition) is 7. The van der Waals surface area contributed by atoms with Gasteiger partial charge in [0, 0.05) is 18.4 Å². The van der Waals surface area contributed by atoms with Crippen LogP contribution in [-0.4, -0.2) is 28.2 Å². The van der Waals surface area contributed by atoms with Gasteiger partial charge in [-0.25, -0.2) is 4.98 Å². The Morgan fingerprint density at radius 3 is 2.53 bits per heavy atom. The Hall–Kier alpha value is -4.04. The SMILES string of the molecule is COc1ccc2nc(N(Cc3ccccc3)C(=O)CCc3nnc(-c4ccccc4)o3)sc2c1. The Labute approximate surface area is 200 Å². The van der Waals surface area contributed by atoms with Crippen molar-refractivity contribution < 1.29 is 13.9 Å². The lowest BCUT2D eigenvalue weighted by molar-refractivity contribution is -0.118. The molecule has 3 aromatic carbocycles. The monoisotopic (exact) mass is 470 g/mol. The number of rotatable bonds is 8. The van der Waals surface area contributed by atoms with Crippen molar-refractivity contribution in [2.24, 2.45) is 0 Å². The highest BCUT2D eigenvalue weighted by Gasteiger charge is 2.21. The van der Waals surface area contributed by atoms with E-state index in [4.69, 9.17) is 14.1 Å². The highest BCUT2D eigenvalue weighted by molar-refractivity contribution is 7.22. The van der Waals surface area contributed by atoms with Gasteiger partial charge in [0.05, 0.1) is 23.9 Å². The molecule has 5 aromatic rings. The maximum absolute atomic E-state index is 13.4. The van der Waals surface area contributed by atoms with E-state index in [0.717, 1.165) is 27.1 Å². The third kappa shape index (κ3) is 4.82. The van der Waals surface area contributed by atoms with Crippen molar-refractivity contribution in [3.63, 3.8) is 0 Å². The molecule has 7 nitrogen and oxygen atoms in total. The molecule has 8 heteroatoms. The second-order valence-electron chi connectivity index (χ2n) is 7.66. The molecule has 0 N–H and O–H groups in total. The summed E-state index contributed by atoms with van der Waals surface area (Å²) in [6, 6.07) is 25.2. The molecule has 0 aliphatic carbocycles. The molecule has 1 amide bonds. The number of hydrogen-bond donors (Lipinski definition) is 0. The van der Waals surface area contributed by atoms with Crippen LogP contribution in [0.2, 0.25) is 0 Å². The number of ether oxygens (including phenoxy) is 1. The third-order valence-corrected chi connectivity index (χ3v) is 6.38. The molecule has 5 rings (SSSR count).